The molecule has 0 N–H and O–H groups in total. The summed E-state index contributed by atoms with van der Waals surface area (Å²) in [5.41, 5.74) is 0.814. The minimum Gasteiger partial charge on any atom is -0.339 e. The lowest BCUT2D eigenvalue weighted by Gasteiger charge is -2.31. The van der Waals surface area contributed by atoms with Crippen LogP contribution in [0.3, 0.4) is 0 Å². The number of likely N-dealkylation sites (tertiary alicyclic amines) is 1. The van der Waals surface area contributed by atoms with Crippen LogP contribution in [0.25, 0.3) is 0 Å². The number of carbonyl (C=O) groups is 2. The number of Topliss-reactive ketones (excluding diaryl/α,β-unsaturated/α-hetero) is 1. The Morgan fingerprint density at radius 2 is 1.52 bits per heavy atom. The van der Waals surface area contributed by atoms with E-state index in [9.17, 15) is 22.4 Å². The number of ketones is 1. The first kappa shape index (κ1) is 21.6. The van der Waals surface area contributed by atoms with Gasteiger partial charge in [-0.1, -0.05) is 30.3 Å². The molecule has 31 heavy (non-hydrogen) atoms. The first-order chi connectivity index (χ1) is 14.9. The third-order valence-corrected chi connectivity index (χ3v) is 7.99. The monoisotopic (exact) mass is 444 g/mol. The van der Waals surface area contributed by atoms with Crippen molar-refractivity contribution in [3.05, 3.63) is 65.5 Å². The van der Waals surface area contributed by atoms with E-state index in [1.807, 2.05) is 18.2 Å². The molecule has 0 bridgehead atoms. The van der Waals surface area contributed by atoms with Gasteiger partial charge in [-0.05, 0) is 43.9 Å². The van der Waals surface area contributed by atoms with E-state index in [-0.39, 0.29) is 23.2 Å². The Morgan fingerprint density at radius 1 is 0.871 bits per heavy atom. The smallest absolute Gasteiger partial charge is 0.253 e. The minimum absolute atomic E-state index is 0.0773. The topological polar surface area (TPSA) is 74.8 Å². The molecule has 0 spiro atoms. The molecule has 0 saturated carbocycles. The Labute approximate surface area is 181 Å². The van der Waals surface area contributed by atoms with Crippen molar-refractivity contribution < 1.29 is 22.4 Å². The summed E-state index contributed by atoms with van der Waals surface area (Å²) in [7, 11) is -3.96. The fourth-order valence-electron chi connectivity index (χ4n) is 4.27. The van der Waals surface area contributed by atoms with Gasteiger partial charge in [-0.15, -0.1) is 0 Å². The lowest BCUT2D eigenvalue weighted by molar-refractivity contribution is 0.0650. The molecule has 164 valence electrons. The number of carbonyl (C=O) groups excluding carboxylic acids is 2. The second-order valence-electron chi connectivity index (χ2n) is 8.05. The Hall–Kier alpha value is -2.58. The predicted molar refractivity (Wildman–Crippen MR) is 114 cm³/mol. The average molecular weight is 445 g/mol. The number of sulfonamides is 1. The SMILES string of the molecule is O=C(c1ccccc1)C1CCN(C(=O)c2ccc(F)c(S(=O)(=O)N3CCCC3)c2)CC1. The lowest BCUT2D eigenvalue weighted by Crippen LogP contribution is -2.40. The van der Waals surface area contributed by atoms with Crippen molar-refractivity contribution in [1.82, 2.24) is 9.21 Å². The van der Waals surface area contributed by atoms with E-state index in [1.165, 1.54) is 10.4 Å². The molecule has 2 fully saturated rings. The van der Waals surface area contributed by atoms with Crippen molar-refractivity contribution in [2.75, 3.05) is 26.2 Å². The maximum atomic E-state index is 14.4. The number of benzene rings is 2. The standard InChI is InChI=1S/C23H25FN2O4S/c24-20-9-8-19(16-21(20)31(29,30)26-12-4-5-13-26)23(28)25-14-10-18(11-15-25)22(27)17-6-2-1-3-7-17/h1-3,6-9,16,18H,4-5,10-15H2. The molecule has 0 radical (unpaired) electrons. The van der Waals surface area contributed by atoms with Gasteiger partial charge in [0.1, 0.15) is 10.7 Å². The zero-order valence-corrected chi connectivity index (χ0v) is 18.0. The van der Waals surface area contributed by atoms with Crippen LogP contribution in [0.1, 0.15) is 46.4 Å². The molecule has 0 unspecified atom stereocenters. The molecular formula is C23H25FN2O4S. The largest absolute Gasteiger partial charge is 0.339 e. The normalized spacial score (nSPS) is 18.3. The summed E-state index contributed by atoms with van der Waals surface area (Å²) in [4.78, 5) is 26.8. The van der Waals surface area contributed by atoms with Crippen molar-refractivity contribution in [2.24, 2.45) is 5.92 Å². The number of hydrogen-bond acceptors (Lipinski definition) is 4. The summed E-state index contributed by atoms with van der Waals surface area (Å²) in [6.45, 7) is 1.52. The van der Waals surface area contributed by atoms with E-state index in [4.69, 9.17) is 0 Å². The molecular weight excluding hydrogens is 419 g/mol. The number of halogens is 1. The molecule has 8 heteroatoms. The third-order valence-electron chi connectivity index (χ3n) is 6.07. The molecule has 0 atom stereocenters. The van der Waals surface area contributed by atoms with Crippen molar-refractivity contribution in [1.29, 1.82) is 0 Å². The Bertz CT molecular complexity index is 1070. The van der Waals surface area contributed by atoms with E-state index in [2.05, 4.69) is 0 Å². The van der Waals surface area contributed by atoms with Gasteiger partial charge in [0.2, 0.25) is 10.0 Å². The van der Waals surface area contributed by atoms with E-state index < -0.39 is 20.7 Å². The van der Waals surface area contributed by atoms with Crippen molar-refractivity contribution in [3.63, 3.8) is 0 Å². The highest BCUT2D eigenvalue weighted by Crippen LogP contribution is 2.26. The first-order valence-corrected chi connectivity index (χ1v) is 12.0. The fraction of sp³-hybridized carbons (Fsp3) is 0.391. The van der Waals surface area contributed by atoms with Crippen LogP contribution in [0.4, 0.5) is 4.39 Å². The molecule has 2 aromatic rings. The highest BCUT2D eigenvalue weighted by Gasteiger charge is 2.32. The fourth-order valence-corrected chi connectivity index (χ4v) is 5.87. The Kier molecular flexibility index (Phi) is 6.20. The molecule has 2 heterocycles. The first-order valence-electron chi connectivity index (χ1n) is 10.6. The number of rotatable bonds is 5. The zero-order chi connectivity index (χ0) is 22.0. The summed E-state index contributed by atoms with van der Waals surface area (Å²) < 4.78 is 41.2. The summed E-state index contributed by atoms with van der Waals surface area (Å²) in [5.74, 6) is -1.27. The minimum atomic E-state index is -3.96. The summed E-state index contributed by atoms with van der Waals surface area (Å²) in [5, 5.41) is 0. The van der Waals surface area contributed by atoms with E-state index in [0.29, 0.717) is 44.6 Å². The van der Waals surface area contributed by atoms with Crippen molar-refractivity contribution in [2.45, 2.75) is 30.6 Å². The van der Waals surface area contributed by atoms with Crippen molar-refractivity contribution in [3.8, 4) is 0 Å². The van der Waals surface area contributed by atoms with Gasteiger partial charge in [-0.2, -0.15) is 4.31 Å². The van der Waals surface area contributed by atoms with Gasteiger partial charge in [0.15, 0.2) is 5.78 Å². The molecule has 2 saturated heterocycles. The van der Waals surface area contributed by atoms with Gasteiger partial charge >= 0.3 is 0 Å². The Morgan fingerprint density at radius 3 is 2.16 bits per heavy atom. The van der Waals surface area contributed by atoms with Crippen LogP contribution in [0, 0.1) is 11.7 Å². The van der Waals surface area contributed by atoms with Crippen LogP contribution in [-0.2, 0) is 10.0 Å². The van der Waals surface area contributed by atoms with Crippen molar-refractivity contribution >= 4 is 21.7 Å². The van der Waals surface area contributed by atoms with Gasteiger partial charge in [0.25, 0.3) is 5.91 Å². The van der Waals surface area contributed by atoms with Gasteiger partial charge in [-0.3, -0.25) is 9.59 Å². The highest BCUT2D eigenvalue weighted by atomic mass is 32.2. The summed E-state index contributed by atoms with van der Waals surface area (Å²) >= 11 is 0. The van der Waals surface area contributed by atoms with Crippen LogP contribution < -0.4 is 0 Å². The van der Waals surface area contributed by atoms with E-state index >= 15 is 0 Å². The molecule has 1 amide bonds. The lowest BCUT2D eigenvalue weighted by atomic mass is 9.88. The van der Waals surface area contributed by atoms with E-state index in [0.717, 1.165) is 25.0 Å². The quantitative estimate of drug-likeness (QED) is 0.663. The molecule has 2 aliphatic rings. The number of amides is 1. The Balaban J connectivity index is 1.46. The molecule has 2 aromatic carbocycles. The summed E-state index contributed by atoms with van der Waals surface area (Å²) in [6.07, 6.45) is 2.57. The van der Waals surface area contributed by atoms with Gasteiger partial charge in [-0.25, -0.2) is 12.8 Å². The molecule has 6 nitrogen and oxygen atoms in total. The average Bonchev–Trinajstić information content (AvgIpc) is 3.35. The molecule has 0 aromatic heterocycles. The van der Waals surface area contributed by atoms with Gasteiger partial charge < -0.3 is 4.90 Å². The zero-order valence-electron chi connectivity index (χ0n) is 17.2. The van der Waals surface area contributed by atoms with Crippen LogP contribution in [-0.4, -0.2) is 55.5 Å². The molecule has 4 rings (SSSR count). The number of piperidine rings is 1. The second kappa shape index (κ2) is 8.88. The number of nitrogens with zero attached hydrogens (tertiary/aromatic N) is 2. The predicted octanol–water partition coefficient (Wildman–Crippen LogP) is 3.35. The van der Waals surface area contributed by atoms with Crippen LogP contribution in [0.5, 0.6) is 0 Å². The van der Waals surface area contributed by atoms with Crippen LogP contribution in [0.15, 0.2) is 53.4 Å². The molecule has 2 aliphatic heterocycles. The highest BCUT2D eigenvalue weighted by molar-refractivity contribution is 7.89. The maximum Gasteiger partial charge on any atom is 0.253 e. The van der Waals surface area contributed by atoms with Crippen LogP contribution >= 0.6 is 0 Å². The second-order valence-corrected chi connectivity index (χ2v) is 9.96. The van der Waals surface area contributed by atoms with Gasteiger partial charge in [0.05, 0.1) is 0 Å². The third kappa shape index (κ3) is 4.41. The number of hydrogen-bond donors (Lipinski definition) is 0. The van der Waals surface area contributed by atoms with Crippen LogP contribution in [0.2, 0.25) is 0 Å². The van der Waals surface area contributed by atoms with Gasteiger partial charge in [0, 0.05) is 43.2 Å². The van der Waals surface area contributed by atoms with E-state index in [1.54, 1.807) is 17.0 Å². The molecule has 0 aliphatic carbocycles. The summed E-state index contributed by atoms with van der Waals surface area (Å²) in [6, 6.07) is 12.6. The maximum absolute atomic E-state index is 14.4.